The number of esters is 1. The zero-order valence-electron chi connectivity index (χ0n) is 19.5. The average Bonchev–Trinajstić information content (AvgIpc) is 2.80. The second kappa shape index (κ2) is 17.8. The molecule has 1 rings (SSSR count). The molecule has 0 aliphatic rings. The zero-order chi connectivity index (χ0) is 22.7. The van der Waals surface area contributed by atoms with Gasteiger partial charge in [0.15, 0.2) is 0 Å². The van der Waals surface area contributed by atoms with Crippen LogP contribution in [0.3, 0.4) is 0 Å². The lowest BCUT2D eigenvalue weighted by Gasteiger charge is -2.17. The van der Waals surface area contributed by atoms with E-state index in [2.05, 4.69) is 24.4 Å². The van der Waals surface area contributed by atoms with Crippen molar-refractivity contribution >= 4 is 11.7 Å². The molecule has 0 aliphatic heterocycles. The van der Waals surface area contributed by atoms with Gasteiger partial charge in [-0.2, -0.15) is 0 Å². The van der Waals surface area contributed by atoms with E-state index in [1.54, 1.807) is 6.92 Å². The minimum Gasteiger partial charge on any atom is -0.462 e. The molecule has 3 N–H and O–H groups in total. The number of carbonyl (C=O) groups is 1. The molecule has 0 saturated carbocycles. The minimum atomic E-state index is -1.04. The van der Waals surface area contributed by atoms with Crippen LogP contribution in [-0.4, -0.2) is 42.0 Å². The van der Waals surface area contributed by atoms with E-state index in [-0.39, 0.29) is 6.61 Å². The molecular formula is C26H43NO4. The van der Waals surface area contributed by atoms with Crippen molar-refractivity contribution in [2.45, 2.75) is 90.1 Å². The number of ether oxygens (including phenoxy) is 1. The molecule has 0 fully saturated rings. The summed E-state index contributed by atoms with van der Waals surface area (Å²) in [6.45, 7) is 4.27. The normalized spacial score (nSPS) is 13.3. The maximum atomic E-state index is 12.3. The van der Waals surface area contributed by atoms with E-state index < -0.39 is 24.6 Å². The summed E-state index contributed by atoms with van der Waals surface area (Å²) in [5.74, 6) is -0.855. The Balaban J connectivity index is 2.25. The number of carbonyl (C=O) groups excluding carboxylic acids is 1. The number of rotatable bonds is 18. The van der Waals surface area contributed by atoms with Crippen LogP contribution < -0.4 is 5.32 Å². The fraction of sp³-hybridized carbons (Fsp3) is 0.654. The van der Waals surface area contributed by atoms with E-state index in [9.17, 15) is 9.90 Å². The first-order valence-corrected chi connectivity index (χ1v) is 12.0. The number of nitrogens with one attached hydrogen (secondary N) is 1. The molecule has 0 amide bonds. The lowest BCUT2D eigenvalue weighted by atomic mass is 9.99. The van der Waals surface area contributed by atoms with Gasteiger partial charge in [0.1, 0.15) is 12.7 Å². The van der Waals surface area contributed by atoms with E-state index in [1.165, 1.54) is 51.4 Å². The van der Waals surface area contributed by atoms with Crippen molar-refractivity contribution in [2.75, 3.05) is 25.1 Å². The van der Waals surface area contributed by atoms with Crippen molar-refractivity contribution < 1.29 is 19.7 Å². The Bertz CT molecular complexity index is 617. The molecule has 0 radical (unpaired) electrons. The first-order chi connectivity index (χ1) is 15.1. The number of allylic oxidation sites excluding steroid dienone is 2. The monoisotopic (exact) mass is 433 g/mol. The van der Waals surface area contributed by atoms with E-state index in [1.807, 2.05) is 24.3 Å². The molecule has 0 bridgehead atoms. The molecule has 0 heterocycles. The van der Waals surface area contributed by atoms with Crippen LogP contribution >= 0.6 is 0 Å². The molecule has 5 nitrogen and oxygen atoms in total. The van der Waals surface area contributed by atoms with E-state index in [4.69, 9.17) is 9.84 Å². The summed E-state index contributed by atoms with van der Waals surface area (Å²) < 4.78 is 5.10. The van der Waals surface area contributed by atoms with Gasteiger partial charge in [0.25, 0.3) is 0 Å². The number of benzene rings is 1. The summed E-state index contributed by atoms with van der Waals surface area (Å²) in [6, 6.07) is 7.73. The maximum absolute atomic E-state index is 12.3. The lowest BCUT2D eigenvalue weighted by molar-refractivity contribution is -0.148. The number of hydrogen-bond acceptors (Lipinski definition) is 5. The molecule has 31 heavy (non-hydrogen) atoms. The predicted octanol–water partition coefficient (Wildman–Crippen LogP) is 5.58. The molecule has 1 aromatic carbocycles. The molecule has 0 spiro atoms. The van der Waals surface area contributed by atoms with Gasteiger partial charge in [-0.1, -0.05) is 75.8 Å². The van der Waals surface area contributed by atoms with Crippen LogP contribution in [0.2, 0.25) is 0 Å². The second-order valence-electron chi connectivity index (χ2n) is 8.23. The van der Waals surface area contributed by atoms with Gasteiger partial charge in [-0.3, -0.25) is 4.79 Å². The Morgan fingerprint density at radius 1 is 1.03 bits per heavy atom. The van der Waals surface area contributed by atoms with Crippen LogP contribution in [0, 0.1) is 0 Å². The van der Waals surface area contributed by atoms with Crippen molar-refractivity contribution in [3.05, 3.63) is 42.0 Å². The smallest absolute Gasteiger partial charge is 0.313 e. The summed E-state index contributed by atoms with van der Waals surface area (Å²) in [6.07, 6.45) is 16.2. The molecule has 1 aromatic rings. The Kier molecular flexibility index (Phi) is 15.6. The second-order valence-corrected chi connectivity index (χ2v) is 8.23. The summed E-state index contributed by atoms with van der Waals surface area (Å²) in [7, 11) is 0. The SMILES string of the molecule is CCCCCCCCCC=CCCCNc1ccccc1C(C)C(=O)OCC(O)CO. The zero-order valence-corrected chi connectivity index (χ0v) is 19.5. The fourth-order valence-electron chi connectivity index (χ4n) is 3.42. The van der Waals surface area contributed by atoms with Crippen molar-refractivity contribution in [3.8, 4) is 0 Å². The topological polar surface area (TPSA) is 78.8 Å². The van der Waals surface area contributed by atoms with Crippen LogP contribution in [0.5, 0.6) is 0 Å². The number of aliphatic hydroxyl groups excluding tert-OH is 2. The molecule has 2 atom stereocenters. The summed E-state index contributed by atoms with van der Waals surface area (Å²) in [5, 5.41) is 21.6. The van der Waals surface area contributed by atoms with Crippen molar-refractivity contribution in [1.29, 1.82) is 0 Å². The van der Waals surface area contributed by atoms with Gasteiger partial charge in [0, 0.05) is 12.2 Å². The first kappa shape index (κ1) is 27.2. The van der Waals surface area contributed by atoms with Gasteiger partial charge in [-0.15, -0.1) is 0 Å². The highest BCUT2D eigenvalue weighted by Gasteiger charge is 2.20. The van der Waals surface area contributed by atoms with Crippen LogP contribution in [0.1, 0.15) is 89.5 Å². The van der Waals surface area contributed by atoms with Gasteiger partial charge in [0.05, 0.1) is 12.5 Å². The predicted molar refractivity (Wildman–Crippen MR) is 128 cm³/mol. The highest BCUT2D eigenvalue weighted by Crippen LogP contribution is 2.25. The number of aliphatic hydroxyl groups is 2. The summed E-state index contributed by atoms with van der Waals surface area (Å²) in [5.41, 5.74) is 1.81. The molecular weight excluding hydrogens is 390 g/mol. The molecule has 2 unspecified atom stereocenters. The third-order valence-electron chi connectivity index (χ3n) is 5.41. The van der Waals surface area contributed by atoms with Gasteiger partial charge in [0.2, 0.25) is 0 Å². The van der Waals surface area contributed by atoms with Crippen molar-refractivity contribution in [1.82, 2.24) is 0 Å². The number of unbranched alkanes of at least 4 members (excludes halogenated alkanes) is 8. The van der Waals surface area contributed by atoms with E-state index in [0.717, 1.165) is 30.6 Å². The quantitative estimate of drug-likeness (QED) is 0.160. The fourth-order valence-corrected chi connectivity index (χ4v) is 3.42. The third-order valence-corrected chi connectivity index (χ3v) is 5.41. The van der Waals surface area contributed by atoms with Crippen molar-refractivity contribution in [3.63, 3.8) is 0 Å². The molecule has 176 valence electrons. The van der Waals surface area contributed by atoms with Crippen molar-refractivity contribution in [2.24, 2.45) is 0 Å². The Labute approximate surface area is 188 Å². The Morgan fingerprint density at radius 3 is 2.39 bits per heavy atom. The maximum Gasteiger partial charge on any atom is 0.313 e. The Hall–Kier alpha value is -1.85. The largest absolute Gasteiger partial charge is 0.462 e. The number of hydrogen-bond donors (Lipinski definition) is 3. The summed E-state index contributed by atoms with van der Waals surface area (Å²) >= 11 is 0. The highest BCUT2D eigenvalue weighted by molar-refractivity contribution is 5.80. The van der Waals surface area contributed by atoms with Gasteiger partial charge >= 0.3 is 5.97 Å². The minimum absolute atomic E-state index is 0.194. The van der Waals surface area contributed by atoms with Gasteiger partial charge in [-0.05, 0) is 44.2 Å². The van der Waals surface area contributed by atoms with Gasteiger partial charge < -0.3 is 20.3 Å². The molecule has 0 aromatic heterocycles. The van der Waals surface area contributed by atoms with E-state index in [0.29, 0.717) is 0 Å². The van der Waals surface area contributed by atoms with E-state index >= 15 is 0 Å². The summed E-state index contributed by atoms with van der Waals surface area (Å²) in [4.78, 5) is 12.3. The highest BCUT2D eigenvalue weighted by atomic mass is 16.5. The number of anilines is 1. The lowest BCUT2D eigenvalue weighted by Crippen LogP contribution is -2.24. The van der Waals surface area contributed by atoms with Crippen LogP contribution in [0.4, 0.5) is 5.69 Å². The first-order valence-electron chi connectivity index (χ1n) is 12.0. The molecule has 0 aliphatic carbocycles. The molecule has 0 saturated heterocycles. The van der Waals surface area contributed by atoms with Crippen LogP contribution in [0.25, 0.3) is 0 Å². The standard InChI is InChI=1S/C26H43NO4/c1-3-4-5-6-7-8-9-10-11-12-13-16-19-27-25-18-15-14-17-24(25)22(2)26(30)31-21-23(29)20-28/h11-12,14-15,17-18,22-23,27-29H,3-10,13,16,19-21H2,1-2H3. The van der Waals surface area contributed by atoms with Crippen LogP contribution in [0.15, 0.2) is 36.4 Å². The average molecular weight is 434 g/mol. The third kappa shape index (κ3) is 12.6. The Morgan fingerprint density at radius 2 is 1.68 bits per heavy atom. The van der Waals surface area contributed by atoms with Crippen LogP contribution in [-0.2, 0) is 9.53 Å². The number of para-hydroxylation sites is 1. The van der Waals surface area contributed by atoms with Gasteiger partial charge in [-0.25, -0.2) is 0 Å². The molecule has 5 heteroatoms.